The number of halogens is 1. The summed E-state index contributed by atoms with van der Waals surface area (Å²) in [6.07, 6.45) is 0.785. The molecular weight excluding hydrogens is 350 g/mol. The Morgan fingerprint density at radius 1 is 1.23 bits per heavy atom. The quantitative estimate of drug-likeness (QED) is 0.725. The lowest BCUT2D eigenvalue weighted by molar-refractivity contribution is 0.340. The lowest BCUT2D eigenvalue weighted by Crippen LogP contribution is -2.28. The van der Waals surface area contributed by atoms with E-state index in [0.717, 1.165) is 28.3 Å². The van der Waals surface area contributed by atoms with Crippen LogP contribution in [0.15, 0.2) is 48.5 Å². The van der Waals surface area contributed by atoms with Crippen molar-refractivity contribution >= 4 is 23.5 Å². The third-order valence-electron chi connectivity index (χ3n) is 4.56. The Hall–Kier alpha value is -2.73. The smallest absolute Gasteiger partial charge is 0.241 e. The van der Waals surface area contributed by atoms with E-state index in [0.29, 0.717) is 12.6 Å². The normalized spacial score (nSPS) is 18.8. The molecule has 0 unspecified atom stereocenters. The molecule has 0 saturated carbocycles. The molecule has 0 saturated heterocycles. The summed E-state index contributed by atoms with van der Waals surface area (Å²) in [5, 5.41) is 8.51. The number of nitrogens with zero attached hydrogens (tertiary/aromatic N) is 3. The van der Waals surface area contributed by atoms with Crippen molar-refractivity contribution in [2.24, 2.45) is 0 Å². The zero-order valence-electron chi connectivity index (χ0n) is 14.4. The maximum Gasteiger partial charge on any atom is 0.241 e. The highest BCUT2D eigenvalue weighted by molar-refractivity contribution is 6.31. The molecule has 0 radical (unpaired) electrons. The van der Waals surface area contributed by atoms with Crippen molar-refractivity contribution in [2.75, 3.05) is 17.7 Å². The van der Waals surface area contributed by atoms with Crippen LogP contribution in [0.25, 0.3) is 0 Å². The number of hydrogen-bond acceptors (Lipinski definition) is 5. The van der Waals surface area contributed by atoms with Gasteiger partial charge < -0.3 is 15.8 Å². The molecule has 0 spiro atoms. The number of nitrogens with one attached hydrogen (secondary N) is 1. The van der Waals surface area contributed by atoms with E-state index >= 15 is 0 Å². The minimum Gasteiger partial charge on any atom is -0.494 e. The van der Waals surface area contributed by atoms with Gasteiger partial charge in [-0.25, -0.2) is 4.68 Å². The Bertz CT molecular complexity index is 909. The molecule has 6 nitrogen and oxygen atoms in total. The minimum absolute atomic E-state index is 0.00741. The van der Waals surface area contributed by atoms with Crippen LogP contribution in [0.3, 0.4) is 0 Å². The summed E-state index contributed by atoms with van der Waals surface area (Å²) in [6, 6.07) is 16.0. The summed E-state index contributed by atoms with van der Waals surface area (Å²) in [5.74, 6) is 1.76. The molecule has 2 atom stereocenters. The third kappa shape index (κ3) is 3.08. The van der Waals surface area contributed by atoms with Crippen molar-refractivity contribution in [3.63, 3.8) is 0 Å². The number of anilines is 2. The third-order valence-corrected chi connectivity index (χ3v) is 4.91. The Morgan fingerprint density at radius 2 is 2.00 bits per heavy atom. The largest absolute Gasteiger partial charge is 0.494 e. The molecule has 0 fully saturated rings. The number of benzene rings is 2. The van der Waals surface area contributed by atoms with E-state index in [-0.39, 0.29) is 18.0 Å². The predicted molar refractivity (Wildman–Crippen MR) is 103 cm³/mol. The molecule has 0 bridgehead atoms. The van der Waals surface area contributed by atoms with E-state index < -0.39 is 0 Å². The summed E-state index contributed by atoms with van der Waals surface area (Å²) in [4.78, 5) is 4.33. The molecule has 4 rings (SSSR count). The topological polar surface area (TPSA) is 78.0 Å². The van der Waals surface area contributed by atoms with Gasteiger partial charge in [0, 0.05) is 5.02 Å². The summed E-state index contributed by atoms with van der Waals surface area (Å²) >= 11 is 6.42. The molecule has 3 N–H and O–H groups in total. The minimum atomic E-state index is 0.00741. The molecule has 134 valence electrons. The van der Waals surface area contributed by atoms with Crippen LogP contribution < -0.4 is 15.8 Å². The van der Waals surface area contributed by atoms with Gasteiger partial charge in [-0.2, -0.15) is 4.98 Å². The zero-order chi connectivity index (χ0) is 18.1. The molecule has 0 aliphatic carbocycles. The van der Waals surface area contributed by atoms with Gasteiger partial charge in [-0.1, -0.05) is 41.9 Å². The van der Waals surface area contributed by atoms with E-state index in [1.807, 2.05) is 48.0 Å². The number of aromatic nitrogens is 3. The van der Waals surface area contributed by atoms with Gasteiger partial charge in [0.25, 0.3) is 0 Å². The molecule has 7 heteroatoms. The first-order chi connectivity index (χ1) is 12.7. The number of hydrogen-bond donors (Lipinski definition) is 2. The molecule has 2 aromatic carbocycles. The number of nitrogen functional groups attached to an aromatic ring is 1. The molecule has 0 amide bonds. The highest BCUT2D eigenvalue weighted by atomic mass is 35.5. The predicted octanol–water partition coefficient (Wildman–Crippen LogP) is 4.06. The molecular formula is C19H20ClN5O. The van der Waals surface area contributed by atoms with Crippen LogP contribution in [0.4, 0.5) is 11.9 Å². The maximum absolute atomic E-state index is 6.42. The van der Waals surface area contributed by atoms with E-state index in [1.165, 1.54) is 0 Å². The van der Waals surface area contributed by atoms with Crippen LogP contribution in [-0.2, 0) is 0 Å². The molecule has 3 aromatic rings. The highest BCUT2D eigenvalue weighted by Crippen LogP contribution is 2.40. The lowest BCUT2D eigenvalue weighted by atomic mass is 9.93. The van der Waals surface area contributed by atoms with Gasteiger partial charge in [0.1, 0.15) is 5.75 Å². The Morgan fingerprint density at radius 3 is 2.73 bits per heavy atom. The lowest BCUT2D eigenvalue weighted by Gasteiger charge is -2.32. The van der Waals surface area contributed by atoms with Crippen LogP contribution in [0.2, 0.25) is 5.02 Å². The summed E-state index contributed by atoms with van der Waals surface area (Å²) in [7, 11) is 0. The standard InChI is InChI=1S/C19H20ClN5O/c1-2-26-13-9-7-12(8-10-13)17-11-16(14-5-3-4-6-15(14)20)22-19-23-18(21)24-25(17)19/h3-10,16-17H,2,11H2,1H3,(H3,21,22,23,24)/t16-,17+/m1/s1. The fraction of sp³-hybridized carbons (Fsp3) is 0.263. The molecule has 1 aromatic heterocycles. The van der Waals surface area contributed by atoms with Gasteiger partial charge in [-0.15, -0.1) is 5.10 Å². The van der Waals surface area contributed by atoms with Gasteiger partial charge in [-0.05, 0) is 42.7 Å². The maximum atomic E-state index is 6.42. The summed E-state index contributed by atoms with van der Waals surface area (Å²) < 4.78 is 7.39. The van der Waals surface area contributed by atoms with Crippen molar-refractivity contribution in [2.45, 2.75) is 25.4 Å². The van der Waals surface area contributed by atoms with Gasteiger partial charge in [0.15, 0.2) is 0 Å². The fourth-order valence-corrected chi connectivity index (χ4v) is 3.65. The van der Waals surface area contributed by atoms with Crippen LogP contribution >= 0.6 is 11.6 Å². The van der Waals surface area contributed by atoms with Crippen LogP contribution in [0, 0.1) is 0 Å². The number of ether oxygens (including phenoxy) is 1. The van der Waals surface area contributed by atoms with Crippen molar-refractivity contribution in [3.05, 3.63) is 64.7 Å². The van der Waals surface area contributed by atoms with Gasteiger partial charge in [0.05, 0.1) is 18.7 Å². The molecule has 1 aliphatic heterocycles. The summed E-state index contributed by atoms with van der Waals surface area (Å²) in [6.45, 7) is 2.62. The monoisotopic (exact) mass is 369 g/mol. The first-order valence-corrected chi connectivity index (χ1v) is 8.99. The van der Waals surface area contributed by atoms with Crippen LogP contribution in [0.1, 0.15) is 36.6 Å². The van der Waals surface area contributed by atoms with Gasteiger partial charge in [0.2, 0.25) is 11.9 Å². The number of rotatable bonds is 4. The van der Waals surface area contributed by atoms with E-state index in [1.54, 1.807) is 0 Å². The van der Waals surface area contributed by atoms with Crippen LogP contribution in [0.5, 0.6) is 5.75 Å². The van der Waals surface area contributed by atoms with Crippen molar-refractivity contribution in [1.82, 2.24) is 14.8 Å². The first-order valence-electron chi connectivity index (χ1n) is 8.61. The molecule has 1 aliphatic rings. The van der Waals surface area contributed by atoms with Crippen molar-refractivity contribution in [3.8, 4) is 5.75 Å². The highest BCUT2D eigenvalue weighted by Gasteiger charge is 2.31. The zero-order valence-corrected chi connectivity index (χ0v) is 15.1. The Labute approximate surface area is 156 Å². The second-order valence-electron chi connectivity index (χ2n) is 6.21. The number of fused-ring (bicyclic) bond motifs is 1. The van der Waals surface area contributed by atoms with E-state index in [9.17, 15) is 0 Å². The Balaban J connectivity index is 1.71. The van der Waals surface area contributed by atoms with Crippen LogP contribution in [-0.4, -0.2) is 21.4 Å². The SMILES string of the molecule is CCOc1ccc([C@@H]2C[C@H](c3ccccc3Cl)Nc3nc(N)nn32)cc1. The van der Waals surface area contributed by atoms with Crippen molar-refractivity contribution < 1.29 is 4.74 Å². The van der Waals surface area contributed by atoms with Gasteiger partial charge in [-0.3, -0.25) is 0 Å². The first kappa shape index (κ1) is 16.7. The average molecular weight is 370 g/mol. The Kier molecular flexibility index (Phi) is 4.42. The second-order valence-corrected chi connectivity index (χ2v) is 6.62. The van der Waals surface area contributed by atoms with Crippen molar-refractivity contribution in [1.29, 1.82) is 0 Å². The average Bonchev–Trinajstić information content (AvgIpc) is 3.02. The van der Waals surface area contributed by atoms with Gasteiger partial charge >= 0.3 is 0 Å². The van der Waals surface area contributed by atoms with E-state index in [4.69, 9.17) is 22.1 Å². The molecule has 26 heavy (non-hydrogen) atoms. The molecule has 2 heterocycles. The number of nitrogens with two attached hydrogens (primary N) is 1. The second kappa shape index (κ2) is 6.88. The van der Waals surface area contributed by atoms with E-state index in [2.05, 4.69) is 27.5 Å². The fourth-order valence-electron chi connectivity index (χ4n) is 3.39. The summed E-state index contributed by atoms with van der Waals surface area (Å²) in [5.41, 5.74) is 8.01.